The van der Waals surface area contributed by atoms with E-state index in [0.29, 0.717) is 19.4 Å². The summed E-state index contributed by atoms with van der Waals surface area (Å²) in [6.45, 7) is 4.36. The van der Waals surface area contributed by atoms with Gasteiger partial charge in [-0.25, -0.2) is 0 Å². The molecule has 0 aliphatic rings. The third-order valence-electron chi connectivity index (χ3n) is 2.29. The van der Waals surface area contributed by atoms with Crippen LogP contribution in [-0.2, 0) is 11.2 Å². The molecule has 1 unspecified atom stereocenters. The number of hydrogen-bond acceptors (Lipinski definition) is 2. The quantitative estimate of drug-likeness (QED) is 0.729. The van der Waals surface area contributed by atoms with Gasteiger partial charge in [0.15, 0.2) is 5.79 Å². The highest BCUT2D eigenvalue weighted by molar-refractivity contribution is 5.16. The van der Waals surface area contributed by atoms with Gasteiger partial charge in [0.1, 0.15) is 0 Å². The van der Waals surface area contributed by atoms with E-state index in [9.17, 15) is 5.11 Å². The van der Waals surface area contributed by atoms with Crippen molar-refractivity contribution in [2.45, 2.75) is 32.5 Å². The highest BCUT2D eigenvalue weighted by Gasteiger charge is 2.24. The molecule has 0 aromatic heterocycles. The Balaban J connectivity index is 2.65. The molecule has 1 atom stereocenters. The molecule has 1 aromatic carbocycles. The Morgan fingerprint density at radius 2 is 1.86 bits per heavy atom. The Bertz CT molecular complexity index is 258. The van der Waals surface area contributed by atoms with Crippen LogP contribution in [0.25, 0.3) is 0 Å². The zero-order chi connectivity index (χ0) is 10.4. The van der Waals surface area contributed by atoms with Gasteiger partial charge in [-0.1, -0.05) is 37.3 Å². The summed E-state index contributed by atoms with van der Waals surface area (Å²) < 4.78 is 5.34. The maximum absolute atomic E-state index is 10.1. The Hall–Kier alpha value is -0.860. The molecule has 0 fully saturated rings. The van der Waals surface area contributed by atoms with Gasteiger partial charge in [-0.3, -0.25) is 0 Å². The molecule has 0 saturated heterocycles. The van der Waals surface area contributed by atoms with Crippen molar-refractivity contribution in [3.8, 4) is 0 Å². The fraction of sp³-hybridized carbons (Fsp3) is 0.500. The van der Waals surface area contributed by atoms with Gasteiger partial charge in [-0.2, -0.15) is 0 Å². The highest BCUT2D eigenvalue weighted by Crippen LogP contribution is 2.18. The topological polar surface area (TPSA) is 29.5 Å². The number of hydrogen-bond donors (Lipinski definition) is 1. The van der Waals surface area contributed by atoms with Crippen molar-refractivity contribution in [2.24, 2.45) is 0 Å². The van der Waals surface area contributed by atoms with Crippen LogP contribution in [0.5, 0.6) is 0 Å². The predicted octanol–water partition coefficient (Wildman–Crippen LogP) is 2.36. The van der Waals surface area contributed by atoms with E-state index in [0.717, 1.165) is 5.56 Å². The normalized spacial score (nSPS) is 15.1. The minimum atomic E-state index is -1.00. The van der Waals surface area contributed by atoms with Gasteiger partial charge in [-0.15, -0.1) is 0 Å². The Labute approximate surface area is 85.5 Å². The van der Waals surface area contributed by atoms with Crippen molar-refractivity contribution in [1.82, 2.24) is 0 Å². The fourth-order valence-electron chi connectivity index (χ4n) is 1.46. The molecule has 1 N–H and O–H groups in total. The van der Waals surface area contributed by atoms with Crippen LogP contribution in [0.1, 0.15) is 25.8 Å². The van der Waals surface area contributed by atoms with E-state index < -0.39 is 5.79 Å². The zero-order valence-electron chi connectivity index (χ0n) is 8.86. The molecule has 2 heteroatoms. The first-order chi connectivity index (χ1) is 6.70. The molecule has 2 nitrogen and oxygen atoms in total. The molecule has 1 rings (SSSR count). The van der Waals surface area contributed by atoms with E-state index in [1.54, 1.807) is 0 Å². The standard InChI is InChI=1S/C12H18O2/c1-3-12(13,14-4-2)10-11-8-6-5-7-9-11/h5-9,13H,3-4,10H2,1-2H3. The lowest BCUT2D eigenvalue weighted by Gasteiger charge is -2.26. The van der Waals surface area contributed by atoms with Crippen LogP contribution in [0.15, 0.2) is 30.3 Å². The van der Waals surface area contributed by atoms with Crippen LogP contribution in [0.4, 0.5) is 0 Å². The van der Waals surface area contributed by atoms with E-state index in [1.165, 1.54) is 0 Å². The molecule has 1 aromatic rings. The summed E-state index contributed by atoms with van der Waals surface area (Å²) in [5, 5.41) is 10.1. The summed E-state index contributed by atoms with van der Waals surface area (Å²) in [5.74, 6) is -1.00. The van der Waals surface area contributed by atoms with Crippen LogP contribution >= 0.6 is 0 Å². The molecule has 0 spiro atoms. The maximum Gasteiger partial charge on any atom is 0.169 e. The van der Waals surface area contributed by atoms with Gasteiger partial charge in [0.25, 0.3) is 0 Å². The third kappa shape index (κ3) is 3.13. The summed E-state index contributed by atoms with van der Waals surface area (Å²) in [6.07, 6.45) is 1.16. The lowest BCUT2D eigenvalue weighted by Crippen LogP contribution is -2.34. The highest BCUT2D eigenvalue weighted by atomic mass is 16.6. The zero-order valence-corrected chi connectivity index (χ0v) is 8.86. The summed E-state index contributed by atoms with van der Waals surface area (Å²) in [4.78, 5) is 0. The molecule has 0 radical (unpaired) electrons. The second-order valence-electron chi connectivity index (χ2n) is 3.40. The first-order valence-electron chi connectivity index (χ1n) is 5.10. The minimum Gasteiger partial charge on any atom is -0.365 e. The van der Waals surface area contributed by atoms with E-state index in [4.69, 9.17) is 4.74 Å². The molecule has 0 amide bonds. The van der Waals surface area contributed by atoms with E-state index in [1.807, 2.05) is 44.2 Å². The molecule has 14 heavy (non-hydrogen) atoms. The van der Waals surface area contributed by atoms with E-state index >= 15 is 0 Å². The fourth-order valence-corrected chi connectivity index (χ4v) is 1.46. The van der Waals surface area contributed by atoms with Gasteiger partial charge in [0.05, 0.1) is 0 Å². The summed E-state index contributed by atoms with van der Waals surface area (Å²) in [6, 6.07) is 9.91. The lowest BCUT2D eigenvalue weighted by atomic mass is 10.0. The third-order valence-corrected chi connectivity index (χ3v) is 2.29. The van der Waals surface area contributed by atoms with Crippen molar-refractivity contribution >= 4 is 0 Å². The summed E-state index contributed by atoms with van der Waals surface area (Å²) >= 11 is 0. The molecule has 78 valence electrons. The molecule has 0 bridgehead atoms. The van der Waals surface area contributed by atoms with Crippen LogP contribution in [0.3, 0.4) is 0 Å². The summed E-state index contributed by atoms with van der Waals surface area (Å²) in [7, 11) is 0. The molecule has 0 saturated carbocycles. The average molecular weight is 194 g/mol. The van der Waals surface area contributed by atoms with Crippen LogP contribution in [0.2, 0.25) is 0 Å². The van der Waals surface area contributed by atoms with Gasteiger partial charge in [-0.05, 0) is 18.9 Å². The SMILES string of the molecule is CCOC(O)(CC)Cc1ccccc1. The molecule has 0 heterocycles. The summed E-state index contributed by atoms with van der Waals surface area (Å²) in [5.41, 5.74) is 1.10. The average Bonchev–Trinajstić information content (AvgIpc) is 2.20. The monoisotopic (exact) mass is 194 g/mol. The smallest absolute Gasteiger partial charge is 0.169 e. The first-order valence-corrected chi connectivity index (χ1v) is 5.10. The lowest BCUT2D eigenvalue weighted by molar-refractivity contribution is -0.200. The van der Waals surface area contributed by atoms with Gasteiger partial charge in [0, 0.05) is 13.0 Å². The van der Waals surface area contributed by atoms with Crippen molar-refractivity contribution in [2.75, 3.05) is 6.61 Å². The van der Waals surface area contributed by atoms with Crippen molar-refractivity contribution < 1.29 is 9.84 Å². The van der Waals surface area contributed by atoms with Crippen molar-refractivity contribution in [1.29, 1.82) is 0 Å². The molecule has 0 aliphatic carbocycles. The van der Waals surface area contributed by atoms with Gasteiger partial charge < -0.3 is 9.84 Å². The largest absolute Gasteiger partial charge is 0.365 e. The Morgan fingerprint density at radius 3 is 2.36 bits per heavy atom. The predicted molar refractivity (Wildman–Crippen MR) is 57.0 cm³/mol. The van der Waals surface area contributed by atoms with Crippen molar-refractivity contribution in [3.63, 3.8) is 0 Å². The second-order valence-corrected chi connectivity index (χ2v) is 3.40. The van der Waals surface area contributed by atoms with Crippen LogP contribution in [-0.4, -0.2) is 17.5 Å². The van der Waals surface area contributed by atoms with Crippen LogP contribution in [0, 0.1) is 0 Å². The van der Waals surface area contributed by atoms with Gasteiger partial charge >= 0.3 is 0 Å². The number of ether oxygens (including phenoxy) is 1. The first kappa shape index (κ1) is 11.2. The number of aliphatic hydroxyl groups is 1. The van der Waals surface area contributed by atoms with Crippen molar-refractivity contribution in [3.05, 3.63) is 35.9 Å². The Kier molecular flexibility index (Phi) is 4.11. The number of benzene rings is 1. The number of rotatable bonds is 5. The van der Waals surface area contributed by atoms with Crippen LogP contribution < -0.4 is 0 Å². The minimum absolute atomic E-state index is 0.539. The maximum atomic E-state index is 10.1. The van der Waals surface area contributed by atoms with Gasteiger partial charge in [0.2, 0.25) is 0 Å². The Morgan fingerprint density at radius 1 is 1.21 bits per heavy atom. The van der Waals surface area contributed by atoms with E-state index in [-0.39, 0.29) is 0 Å². The molecule has 0 aliphatic heterocycles. The second kappa shape index (κ2) is 5.13. The molecular weight excluding hydrogens is 176 g/mol. The van der Waals surface area contributed by atoms with E-state index in [2.05, 4.69) is 0 Å². The molecular formula is C12H18O2.